The van der Waals surface area contributed by atoms with Gasteiger partial charge in [0.2, 0.25) is 11.2 Å². The maximum Gasteiger partial charge on any atom is 0.446 e. The van der Waals surface area contributed by atoms with Crippen LogP contribution in [-0.4, -0.2) is 51.9 Å². The second kappa shape index (κ2) is 9.42. The van der Waals surface area contributed by atoms with Crippen LogP contribution in [0, 0.1) is 0 Å². The van der Waals surface area contributed by atoms with Crippen LogP contribution in [0.2, 0.25) is 0 Å². The van der Waals surface area contributed by atoms with Crippen molar-refractivity contribution in [3.8, 4) is 34.3 Å². The van der Waals surface area contributed by atoms with Crippen molar-refractivity contribution in [1.82, 2.24) is 0 Å². The second-order valence-corrected chi connectivity index (χ2v) is 10.5. The molecule has 0 unspecified atom stereocenters. The standard InChI is InChI=1S/C15H10O18S4/c16-13-9-3-2-8(30-34(17,18)19)6-11(9)29-14(15(13)33-37(26,27)28)7-1-4-10(31-35(20,21)22)12(5-7)32-36(23,24)25/h1-6H,(H,17,18,19)(H,20,21,22)(H,23,24,25)(H,26,27,28). The number of rotatable bonds is 9. The molecule has 0 fully saturated rings. The zero-order valence-corrected chi connectivity index (χ0v) is 20.4. The van der Waals surface area contributed by atoms with Gasteiger partial charge in [-0.15, -0.1) is 0 Å². The third-order valence-electron chi connectivity index (χ3n) is 3.81. The van der Waals surface area contributed by atoms with E-state index in [1.165, 1.54) is 0 Å². The molecule has 0 spiro atoms. The molecule has 0 aliphatic rings. The van der Waals surface area contributed by atoms with Crippen LogP contribution in [0.5, 0.6) is 23.0 Å². The molecule has 0 amide bonds. The summed E-state index contributed by atoms with van der Waals surface area (Å²) in [6.45, 7) is 0. The van der Waals surface area contributed by atoms with Crippen LogP contribution < -0.4 is 22.2 Å². The zero-order chi connectivity index (χ0) is 28.0. The molecule has 0 radical (unpaired) electrons. The summed E-state index contributed by atoms with van der Waals surface area (Å²) in [5, 5.41) is -0.481. The molecule has 22 heteroatoms. The smallest absolute Gasteiger partial charge is 0.446 e. The predicted octanol–water partition coefficient (Wildman–Crippen LogP) is 0.186. The summed E-state index contributed by atoms with van der Waals surface area (Å²) >= 11 is 0. The highest BCUT2D eigenvalue weighted by molar-refractivity contribution is 7.82. The summed E-state index contributed by atoms with van der Waals surface area (Å²) in [4.78, 5) is 12.9. The lowest BCUT2D eigenvalue weighted by Crippen LogP contribution is -2.16. The Morgan fingerprint density at radius 1 is 0.622 bits per heavy atom. The highest BCUT2D eigenvalue weighted by Gasteiger charge is 2.26. The normalized spacial score (nSPS) is 12.8. The van der Waals surface area contributed by atoms with Gasteiger partial charge in [0.25, 0.3) is 0 Å². The minimum Gasteiger partial charge on any atom is -0.452 e. The molecule has 0 aliphatic heterocycles. The lowest BCUT2D eigenvalue weighted by molar-refractivity contribution is 0.361. The van der Waals surface area contributed by atoms with E-state index in [1.54, 1.807) is 0 Å². The van der Waals surface area contributed by atoms with E-state index in [1.807, 2.05) is 0 Å². The molecule has 0 bridgehead atoms. The molecule has 0 atom stereocenters. The fraction of sp³-hybridized carbons (Fsp3) is 0. The zero-order valence-electron chi connectivity index (χ0n) is 17.1. The summed E-state index contributed by atoms with van der Waals surface area (Å²) in [5.41, 5.74) is -2.40. The molecule has 2 aromatic carbocycles. The maximum atomic E-state index is 12.9. The van der Waals surface area contributed by atoms with E-state index in [4.69, 9.17) is 22.6 Å². The Hall–Kier alpha value is -3.51. The highest BCUT2D eigenvalue weighted by atomic mass is 32.3. The quantitative estimate of drug-likeness (QED) is 0.236. The average molecular weight is 606 g/mol. The Kier molecular flexibility index (Phi) is 7.14. The fourth-order valence-electron chi connectivity index (χ4n) is 2.71. The Bertz CT molecular complexity index is 1890. The van der Waals surface area contributed by atoms with Crippen LogP contribution in [0.1, 0.15) is 0 Å². The number of fused-ring (bicyclic) bond motifs is 1. The highest BCUT2D eigenvalue weighted by Crippen LogP contribution is 2.38. The van der Waals surface area contributed by atoms with E-state index in [-0.39, 0.29) is 0 Å². The minimum atomic E-state index is -5.40. The molecule has 1 aromatic heterocycles. The first kappa shape index (κ1) is 28.1. The van der Waals surface area contributed by atoms with Crippen molar-refractivity contribution in [2.75, 3.05) is 0 Å². The van der Waals surface area contributed by atoms with Gasteiger partial charge in [0.1, 0.15) is 11.3 Å². The van der Waals surface area contributed by atoms with Crippen molar-refractivity contribution in [1.29, 1.82) is 0 Å². The van der Waals surface area contributed by atoms with Gasteiger partial charge in [0.05, 0.1) is 5.39 Å². The number of hydrogen-bond donors (Lipinski definition) is 4. The lowest BCUT2D eigenvalue weighted by atomic mass is 10.1. The van der Waals surface area contributed by atoms with Crippen molar-refractivity contribution in [2.45, 2.75) is 0 Å². The van der Waals surface area contributed by atoms with Crippen LogP contribution >= 0.6 is 0 Å². The van der Waals surface area contributed by atoms with Gasteiger partial charge in [0.15, 0.2) is 17.3 Å². The fourth-order valence-corrected chi connectivity index (χ4v) is 4.14. The maximum absolute atomic E-state index is 12.9. The van der Waals surface area contributed by atoms with Crippen molar-refractivity contribution in [3.63, 3.8) is 0 Å². The SMILES string of the molecule is O=c1c(OS(=O)(=O)O)c(-c2ccc(OS(=O)(=O)O)c(OS(=O)(=O)O)c2)oc2cc(OS(=O)(=O)O)ccc12. The summed E-state index contributed by atoms with van der Waals surface area (Å²) in [7, 11) is -21.1. The Labute approximate surface area is 206 Å². The van der Waals surface area contributed by atoms with Gasteiger partial charge < -0.3 is 21.1 Å². The molecule has 4 N–H and O–H groups in total. The molecular weight excluding hydrogens is 596 g/mol. The Morgan fingerprint density at radius 3 is 1.70 bits per heavy atom. The molecule has 202 valence electrons. The van der Waals surface area contributed by atoms with Crippen molar-refractivity contribution in [3.05, 3.63) is 46.6 Å². The van der Waals surface area contributed by atoms with E-state index in [0.29, 0.717) is 12.1 Å². The van der Waals surface area contributed by atoms with E-state index in [9.17, 15) is 38.5 Å². The summed E-state index contributed by atoms with van der Waals surface area (Å²) in [6.07, 6.45) is 0. The molecule has 1 heterocycles. The summed E-state index contributed by atoms with van der Waals surface area (Å²) < 4.78 is 147. The van der Waals surface area contributed by atoms with E-state index < -0.39 is 92.3 Å². The predicted molar refractivity (Wildman–Crippen MR) is 117 cm³/mol. The van der Waals surface area contributed by atoms with Gasteiger partial charge in [-0.05, 0) is 30.3 Å². The van der Waals surface area contributed by atoms with Gasteiger partial charge >= 0.3 is 41.6 Å². The molecule has 0 aliphatic carbocycles. The van der Waals surface area contributed by atoms with Crippen LogP contribution in [0.15, 0.2) is 45.6 Å². The monoisotopic (exact) mass is 606 g/mol. The van der Waals surface area contributed by atoms with Crippen molar-refractivity contribution >= 4 is 52.6 Å². The molecule has 0 saturated carbocycles. The molecule has 3 rings (SSSR count). The summed E-state index contributed by atoms with van der Waals surface area (Å²) in [6, 6.07) is 4.35. The van der Waals surface area contributed by atoms with Crippen molar-refractivity contribution < 1.29 is 73.0 Å². The van der Waals surface area contributed by atoms with E-state index in [0.717, 1.165) is 24.3 Å². The van der Waals surface area contributed by atoms with Crippen LogP contribution in [0.25, 0.3) is 22.3 Å². The Balaban J connectivity index is 2.35. The first-order valence-corrected chi connectivity index (χ1v) is 14.1. The molecule has 0 saturated heterocycles. The van der Waals surface area contributed by atoms with Crippen LogP contribution in [-0.2, 0) is 41.6 Å². The molecular formula is C15H10O18S4. The van der Waals surface area contributed by atoms with Gasteiger partial charge in [-0.1, -0.05) is 0 Å². The average Bonchev–Trinajstić information content (AvgIpc) is 2.67. The molecule has 18 nitrogen and oxygen atoms in total. The minimum absolute atomic E-state index is 0.481. The molecule has 3 aromatic rings. The Morgan fingerprint density at radius 2 is 1.16 bits per heavy atom. The first-order chi connectivity index (χ1) is 16.7. The van der Waals surface area contributed by atoms with Gasteiger partial charge in [0, 0.05) is 11.6 Å². The number of benzene rings is 2. The van der Waals surface area contributed by atoms with Gasteiger partial charge in [-0.25, -0.2) is 0 Å². The van der Waals surface area contributed by atoms with E-state index in [2.05, 4.69) is 16.7 Å². The third kappa shape index (κ3) is 7.73. The van der Waals surface area contributed by atoms with Crippen molar-refractivity contribution in [2.24, 2.45) is 0 Å². The largest absolute Gasteiger partial charge is 0.452 e. The second-order valence-electron chi connectivity index (χ2n) is 6.45. The first-order valence-electron chi connectivity index (χ1n) is 8.64. The number of hydrogen-bond acceptors (Lipinski definition) is 14. The third-order valence-corrected chi connectivity index (χ3v) is 5.37. The topological polar surface area (TPSA) is 285 Å². The lowest BCUT2D eigenvalue weighted by Gasteiger charge is -2.13. The van der Waals surface area contributed by atoms with Crippen LogP contribution in [0.3, 0.4) is 0 Å². The van der Waals surface area contributed by atoms with Crippen LogP contribution in [0.4, 0.5) is 0 Å². The van der Waals surface area contributed by atoms with Gasteiger partial charge in [-0.2, -0.15) is 33.7 Å². The summed E-state index contributed by atoms with van der Waals surface area (Å²) in [5.74, 6) is -4.94. The molecule has 37 heavy (non-hydrogen) atoms. The van der Waals surface area contributed by atoms with E-state index >= 15 is 0 Å². The van der Waals surface area contributed by atoms with Gasteiger partial charge in [-0.3, -0.25) is 23.0 Å².